The maximum atomic E-state index is 12.4. The van der Waals surface area contributed by atoms with Gasteiger partial charge in [0.05, 0.1) is 16.5 Å². The fourth-order valence-electron chi connectivity index (χ4n) is 4.91. The van der Waals surface area contributed by atoms with Crippen LogP contribution in [0.2, 0.25) is 0 Å². The lowest BCUT2D eigenvalue weighted by Crippen LogP contribution is -2.57. The SMILES string of the molecule is C[C@@H]1[C@H]2C[C@H](C[C@H]1OC(=O)Cn1c(=O)oc3cc([N+](=O)[O-])ccc31)C2(C)C. The van der Waals surface area contributed by atoms with Crippen molar-refractivity contribution in [3.8, 4) is 0 Å². The van der Waals surface area contributed by atoms with Gasteiger partial charge in [-0.3, -0.25) is 19.5 Å². The molecule has 1 aromatic heterocycles. The Morgan fingerprint density at radius 1 is 1.41 bits per heavy atom. The van der Waals surface area contributed by atoms with Crippen molar-refractivity contribution in [2.24, 2.45) is 23.2 Å². The molecule has 0 spiro atoms. The molecule has 3 aliphatic rings. The smallest absolute Gasteiger partial charge is 0.420 e. The first-order chi connectivity index (χ1) is 12.7. The Hall–Kier alpha value is -2.64. The van der Waals surface area contributed by atoms with Crippen LogP contribution in [0, 0.1) is 33.3 Å². The molecule has 1 aromatic carbocycles. The number of fused-ring (bicyclic) bond motifs is 3. The molecule has 2 aromatic rings. The van der Waals surface area contributed by atoms with E-state index in [-0.39, 0.29) is 29.8 Å². The van der Waals surface area contributed by atoms with E-state index in [2.05, 4.69) is 20.8 Å². The van der Waals surface area contributed by atoms with E-state index in [0.717, 1.165) is 11.0 Å². The lowest BCUT2D eigenvalue weighted by molar-refractivity contribution is -0.384. The molecule has 0 amide bonds. The minimum absolute atomic E-state index is 0.0797. The van der Waals surface area contributed by atoms with Crippen LogP contribution < -0.4 is 5.76 Å². The van der Waals surface area contributed by atoms with E-state index >= 15 is 0 Å². The number of rotatable bonds is 4. The largest absolute Gasteiger partial charge is 0.461 e. The van der Waals surface area contributed by atoms with Gasteiger partial charge in [0, 0.05) is 6.07 Å². The summed E-state index contributed by atoms with van der Waals surface area (Å²) in [5.74, 6) is 0.174. The van der Waals surface area contributed by atoms with E-state index in [0.29, 0.717) is 22.8 Å². The molecule has 0 aliphatic heterocycles. The number of nitro groups is 1. The van der Waals surface area contributed by atoms with Crippen molar-refractivity contribution >= 4 is 22.8 Å². The van der Waals surface area contributed by atoms with Gasteiger partial charge in [-0.05, 0) is 42.1 Å². The summed E-state index contributed by atoms with van der Waals surface area (Å²) in [5.41, 5.74) is 0.539. The van der Waals surface area contributed by atoms with Gasteiger partial charge in [-0.2, -0.15) is 0 Å². The van der Waals surface area contributed by atoms with Crippen LogP contribution in [0.3, 0.4) is 0 Å². The average Bonchev–Trinajstić information content (AvgIpc) is 2.90. The van der Waals surface area contributed by atoms with Crippen molar-refractivity contribution in [2.45, 2.75) is 46.3 Å². The molecule has 144 valence electrons. The number of nitrogens with zero attached hydrogens (tertiary/aromatic N) is 2. The second-order valence-corrected chi connectivity index (χ2v) is 8.35. The minimum atomic E-state index is -0.733. The number of ether oxygens (including phenoxy) is 1. The van der Waals surface area contributed by atoms with Crippen molar-refractivity contribution in [3.63, 3.8) is 0 Å². The second-order valence-electron chi connectivity index (χ2n) is 8.35. The number of hydrogen-bond acceptors (Lipinski definition) is 6. The maximum absolute atomic E-state index is 12.4. The Kier molecular flexibility index (Phi) is 3.90. The number of nitro benzene ring substituents is 1. The lowest BCUT2D eigenvalue weighted by atomic mass is 9.45. The van der Waals surface area contributed by atoms with Gasteiger partial charge < -0.3 is 9.15 Å². The van der Waals surface area contributed by atoms with Crippen molar-refractivity contribution < 1.29 is 18.9 Å². The molecular weight excluding hydrogens is 352 g/mol. The van der Waals surface area contributed by atoms with Crippen LogP contribution in [0.15, 0.2) is 27.4 Å². The van der Waals surface area contributed by atoms with Crippen molar-refractivity contribution in [3.05, 3.63) is 38.9 Å². The molecule has 8 nitrogen and oxygen atoms in total. The predicted octanol–water partition coefficient (Wildman–Crippen LogP) is 3.12. The molecule has 3 saturated carbocycles. The molecule has 2 bridgehead atoms. The van der Waals surface area contributed by atoms with Gasteiger partial charge in [-0.1, -0.05) is 20.8 Å². The molecule has 0 unspecified atom stereocenters. The van der Waals surface area contributed by atoms with Crippen LogP contribution in [0.5, 0.6) is 0 Å². The molecule has 0 saturated heterocycles. The van der Waals surface area contributed by atoms with Gasteiger partial charge in [0.2, 0.25) is 0 Å². The summed E-state index contributed by atoms with van der Waals surface area (Å²) in [5, 5.41) is 10.8. The molecule has 3 fully saturated rings. The Morgan fingerprint density at radius 2 is 2.15 bits per heavy atom. The van der Waals surface area contributed by atoms with Gasteiger partial charge in [-0.15, -0.1) is 0 Å². The normalized spacial score (nSPS) is 28.6. The quantitative estimate of drug-likeness (QED) is 0.463. The van der Waals surface area contributed by atoms with Gasteiger partial charge in [0.15, 0.2) is 5.58 Å². The van der Waals surface area contributed by atoms with Crippen LogP contribution in [-0.4, -0.2) is 21.6 Å². The molecule has 4 atom stereocenters. The third kappa shape index (κ3) is 2.74. The molecular formula is C19H22N2O6. The summed E-state index contributed by atoms with van der Waals surface area (Å²) in [6.45, 7) is 6.40. The second kappa shape index (κ2) is 5.94. The zero-order valence-corrected chi connectivity index (χ0v) is 15.5. The van der Waals surface area contributed by atoms with E-state index in [1.54, 1.807) is 0 Å². The number of carbonyl (C=O) groups excluding carboxylic acids is 1. The zero-order chi connectivity index (χ0) is 19.5. The molecule has 0 N–H and O–H groups in total. The number of benzene rings is 1. The molecule has 0 radical (unpaired) electrons. The summed E-state index contributed by atoms with van der Waals surface area (Å²) < 4.78 is 11.9. The van der Waals surface area contributed by atoms with Gasteiger partial charge in [0.25, 0.3) is 5.69 Å². The van der Waals surface area contributed by atoms with Gasteiger partial charge in [-0.25, -0.2) is 4.79 Å². The van der Waals surface area contributed by atoms with E-state index in [4.69, 9.17) is 9.15 Å². The fraction of sp³-hybridized carbons (Fsp3) is 0.579. The highest BCUT2D eigenvalue weighted by Crippen LogP contribution is 2.61. The summed E-state index contributed by atoms with van der Waals surface area (Å²) in [4.78, 5) is 34.8. The summed E-state index contributed by atoms with van der Waals surface area (Å²) in [7, 11) is 0. The van der Waals surface area contributed by atoms with Gasteiger partial charge in [0.1, 0.15) is 12.6 Å². The first kappa shape index (κ1) is 17.8. The van der Waals surface area contributed by atoms with Crippen LogP contribution in [-0.2, 0) is 16.1 Å². The standard InChI is InChI=1S/C19H22N2O6/c1-10-13-6-11(19(13,2)3)7-15(10)26-17(22)9-20-14-5-4-12(21(24)25)8-16(14)27-18(20)23/h4-5,8,10-11,13,15H,6-7,9H2,1-3H3/t10-,11-,13-,15-/m1/s1. The predicted molar refractivity (Wildman–Crippen MR) is 96.2 cm³/mol. The Bertz CT molecular complexity index is 988. The summed E-state index contributed by atoms with van der Waals surface area (Å²) >= 11 is 0. The van der Waals surface area contributed by atoms with Crippen molar-refractivity contribution in [1.82, 2.24) is 4.57 Å². The Balaban J connectivity index is 1.50. The van der Waals surface area contributed by atoms with Gasteiger partial charge >= 0.3 is 11.7 Å². The van der Waals surface area contributed by atoms with Crippen LogP contribution in [0.4, 0.5) is 5.69 Å². The van der Waals surface area contributed by atoms with E-state index in [1.165, 1.54) is 24.6 Å². The molecule has 8 heteroatoms. The highest BCUT2D eigenvalue weighted by atomic mass is 16.6. The monoisotopic (exact) mass is 374 g/mol. The number of non-ortho nitro benzene ring substituents is 1. The third-order valence-corrected chi connectivity index (χ3v) is 6.72. The minimum Gasteiger partial charge on any atom is -0.461 e. The highest BCUT2D eigenvalue weighted by Gasteiger charge is 2.57. The third-order valence-electron chi connectivity index (χ3n) is 6.72. The number of carbonyl (C=O) groups is 1. The zero-order valence-electron chi connectivity index (χ0n) is 15.5. The van der Waals surface area contributed by atoms with Crippen LogP contribution in [0.25, 0.3) is 11.1 Å². The van der Waals surface area contributed by atoms with Crippen LogP contribution >= 0.6 is 0 Å². The number of oxazole rings is 1. The number of aromatic nitrogens is 1. The highest BCUT2D eigenvalue weighted by molar-refractivity contribution is 5.78. The molecule has 27 heavy (non-hydrogen) atoms. The van der Waals surface area contributed by atoms with Crippen molar-refractivity contribution in [1.29, 1.82) is 0 Å². The molecule has 5 rings (SSSR count). The van der Waals surface area contributed by atoms with E-state index in [9.17, 15) is 19.7 Å². The lowest BCUT2D eigenvalue weighted by Gasteiger charge is -2.61. The molecule has 3 aliphatic carbocycles. The van der Waals surface area contributed by atoms with E-state index in [1.807, 2.05) is 0 Å². The number of esters is 1. The maximum Gasteiger partial charge on any atom is 0.420 e. The van der Waals surface area contributed by atoms with Crippen LogP contribution in [0.1, 0.15) is 33.6 Å². The van der Waals surface area contributed by atoms with E-state index < -0.39 is 16.6 Å². The number of hydrogen-bond donors (Lipinski definition) is 0. The van der Waals surface area contributed by atoms with Crippen molar-refractivity contribution in [2.75, 3.05) is 0 Å². The molecule has 1 heterocycles. The Labute approximate surface area is 155 Å². The first-order valence-corrected chi connectivity index (χ1v) is 9.15. The Morgan fingerprint density at radius 3 is 2.78 bits per heavy atom. The summed E-state index contributed by atoms with van der Waals surface area (Å²) in [6.07, 6.45) is 1.90. The topological polar surface area (TPSA) is 105 Å². The average molecular weight is 374 g/mol. The first-order valence-electron chi connectivity index (χ1n) is 9.15. The fourth-order valence-corrected chi connectivity index (χ4v) is 4.91. The summed E-state index contributed by atoms with van der Waals surface area (Å²) in [6, 6.07) is 3.86.